The van der Waals surface area contributed by atoms with Crippen LogP contribution in [0.4, 0.5) is 5.69 Å². The minimum absolute atomic E-state index is 0.0102. The van der Waals surface area contributed by atoms with Gasteiger partial charge in [0.2, 0.25) is 0 Å². The third-order valence-corrected chi connectivity index (χ3v) is 5.63. The van der Waals surface area contributed by atoms with Crippen LogP contribution in [0.2, 0.25) is 0 Å². The second-order valence-corrected chi connectivity index (χ2v) is 8.47. The zero-order chi connectivity index (χ0) is 21.0. The minimum Gasteiger partial charge on any atom is -0.369 e. The highest BCUT2D eigenvalue weighted by atomic mass is 16.1. The van der Waals surface area contributed by atoms with Gasteiger partial charge in [0, 0.05) is 44.0 Å². The Balaban J connectivity index is 1.72. The van der Waals surface area contributed by atoms with Crippen molar-refractivity contribution in [3.63, 3.8) is 0 Å². The molecule has 1 aliphatic heterocycles. The van der Waals surface area contributed by atoms with Gasteiger partial charge in [-0.05, 0) is 63.8 Å². The first-order valence-corrected chi connectivity index (χ1v) is 10.4. The van der Waals surface area contributed by atoms with Crippen molar-refractivity contribution in [1.82, 2.24) is 15.1 Å². The zero-order valence-electron chi connectivity index (χ0n) is 18.4. The quantitative estimate of drug-likeness (QED) is 0.816. The number of carbonyl (C=O) groups is 1. The molecule has 2 aromatic rings. The number of anilines is 1. The summed E-state index contributed by atoms with van der Waals surface area (Å²) < 4.78 is 0. The van der Waals surface area contributed by atoms with Gasteiger partial charge in [0.1, 0.15) is 0 Å². The molecule has 1 atom stereocenters. The number of rotatable bonds is 6. The van der Waals surface area contributed by atoms with E-state index in [-0.39, 0.29) is 11.9 Å². The summed E-state index contributed by atoms with van der Waals surface area (Å²) in [5, 5.41) is 3.19. The Morgan fingerprint density at radius 2 is 1.83 bits per heavy atom. The molecular weight excluding hydrogens is 360 g/mol. The maximum absolute atomic E-state index is 13.1. The Bertz CT molecular complexity index is 841. The van der Waals surface area contributed by atoms with Crippen LogP contribution in [0.25, 0.3) is 0 Å². The van der Waals surface area contributed by atoms with Crippen LogP contribution < -0.4 is 10.2 Å². The summed E-state index contributed by atoms with van der Waals surface area (Å²) in [6, 6.07) is 14.6. The van der Waals surface area contributed by atoms with Crippen molar-refractivity contribution >= 4 is 11.6 Å². The molecular formula is C24H34N4O. The summed E-state index contributed by atoms with van der Waals surface area (Å²) >= 11 is 0. The number of hydrogen-bond acceptors (Lipinski definition) is 4. The predicted molar refractivity (Wildman–Crippen MR) is 121 cm³/mol. The van der Waals surface area contributed by atoms with Crippen LogP contribution in [-0.4, -0.2) is 63.0 Å². The average molecular weight is 395 g/mol. The molecule has 1 saturated heterocycles. The van der Waals surface area contributed by atoms with Crippen molar-refractivity contribution in [3.05, 3.63) is 64.7 Å². The first-order chi connectivity index (χ1) is 13.8. The van der Waals surface area contributed by atoms with Gasteiger partial charge in [-0.2, -0.15) is 0 Å². The molecule has 0 bridgehead atoms. The van der Waals surface area contributed by atoms with E-state index in [9.17, 15) is 4.79 Å². The SMILES string of the molecule is Cc1ccc(N2CCN(C)CC2)cc1C(=O)N[C@H](C)c1cccc(CN(C)C)c1. The molecule has 5 nitrogen and oxygen atoms in total. The first-order valence-electron chi connectivity index (χ1n) is 10.4. The molecule has 5 heteroatoms. The summed E-state index contributed by atoms with van der Waals surface area (Å²) in [4.78, 5) is 19.9. The van der Waals surface area contributed by atoms with Crippen molar-refractivity contribution in [2.24, 2.45) is 0 Å². The highest BCUT2D eigenvalue weighted by Crippen LogP contribution is 2.22. The first kappa shape index (κ1) is 21.3. The molecule has 0 aromatic heterocycles. The van der Waals surface area contributed by atoms with Gasteiger partial charge in [-0.15, -0.1) is 0 Å². The number of benzene rings is 2. The van der Waals surface area contributed by atoms with Crippen LogP contribution >= 0.6 is 0 Å². The molecule has 29 heavy (non-hydrogen) atoms. The van der Waals surface area contributed by atoms with Gasteiger partial charge in [0.15, 0.2) is 0 Å². The van der Waals surface area contributed by atoms with E-state index >= 15 is 0 Å². The van der Waals surface area contributed by atoms with E-state index in [0.717, 1.165) is 55.1 Å². The van der Waals surface area contributed by atoms with Gasteiger partial charge in [0.25, 0.3) is 5.91 Å². The van der Waals surface area contributed by atoms with Crippen molar-refractivity contribution in [2.45, 2.75) is 26.4 Å². The third-order valence-electron chi connectivity index (χ3n) is 5.63. The molecule has 0 saturated carbocycles. The Morgan fingerprint density at radius 1 is 1.10 bits per heavy atom. The zero-order valence-corrected chi connectivity index (χ0v) is 18.4. The highest BCUT2D eigenvalue weighted by molar-refractivity contribution is 5.96. The summed E-state index contributed by atoms with van der Waals surface area (Å²) in [5.74, 6) is -0.0102. The van der Waals surface area contributed by atoms with Gasteiger partial charge in [-0.25, -0.2) is 0 Å². The lowest BCUT2D eigenvalue weighted by atomic mass is 10.0. The normalized spacial score (nSPS) is 16.1. The van der Waals surface area contributed by atoms with Crippen molar-refractivity contribution in [3.8, 4) is 0 Å². The summed E-state index contributed by atoms with van der Waals surface area (Å²) in [6.45, 7) is 9.04. The van der Waals surface area contributed by atoms with Crippen LogP contribution in [0.15, 0.2) is 42.5 Å². The van der Waals surface area contributed by atoms with Crippen molar-refractivity contribution < 1.29 is 4.79 Å². The number of nitrogens with zero attached hydrogens (tertiary/aromatic N) is 3. The fourth-order valence-electron chi connectivity index (χ4n) is 3.80. The van der Waals surface area contributed by atoms with Gasteiger partial charge in [0.05, 0.1) is 6.04 Å². The van der Waals surface area contributed by atoms with E-state index in [1.165, 1.54) is 5.56 Å². The number of piperazine rings is 1. The van der Waals surface area contributed by atoms with E-state index in [1.54, 1.807) is 0 Å². The predicted octanol–water partition coefficient (Wildman–Crippen LogP) is 3.30. The van der Waals surface area contributed by atoms with Crippen LogP contribution in [0.1, 0.15) is 40.0 Å². The van der Waals surface area contributed by atoms with Crippen LogP contribution in [0.5, 0.6) is 0 Å². The van der Waals surface area contributed by atoms with Gasteiger partial charge in [-0.3, -0.25) is 4.79 Å². The number of nitrogens with one attached hydrogen (secondary N) is 1. The lowest BCUT2D eigenvalue weighted by Gasteiger charge is -2.34. The Morgan fingerprint density at radius 3 is 2.52 bits per heavy atom. The summed E-state index contributed by atoms with van der Waals surface area (Å²) in [6.07, 6.45) is 0. The fourth-order valence-corrected chi connectivity index (χ4v) is 3.80. The van der Waals surface area contributed by atoms with Gasteiger partial charge < -0.3 is 20.0 Å². The fraction of sp³-hybridized carbons (Fsp3) is 0.458. The molecule has 1 fully saturated rings. The molecule has 0 unspecified atom stereocenters. The van der Waals surface area contributed by atoms with Crippen LogP contribution in [0.3, 0.4) is 0 Å². The number of aryl methyl sites for hydroxylation is 1. The molecule has 156 valence electrons. The second kappa shape index (κ2) is 9.42. The second-order valence-electron chi connectivity index (χ2n) is 8.47. The Hall–Kier alpha value is -2.37. The highest BCUT2D eigenvalue weighted by Gasteiger charge is 2.18. The monoisotopic (exact) mass is 394 g/mol. The van der Waals surface area contributed by atoms with E-state index in [0.29, 0.717) is 0 Å². The molecule has 1 amide bonds. The largest absolute Gasteiger partial charge is 0.369 e. The van der Waals surface area contributed by atoms with Crippen LogP contribution in [0, 0.1) is 6.92 Å². The third kappa shape index (κ3) is 5.58. The average Bonchev–Trinajstić information content (AvgIpc) is 2.68. The van der Waals surface area contributed by atoms with E-state index in [4.69, 9.17) is 0 Å². The maximum Gasteiger partial charge on any atom is 0.252 e. The lowest BCUT2D eigenvalue weighted by molar-refractivity contribution is 0.0939. The number of likely N-dealkylation sites (N-methyl/N-ethyl adjacent to an activating group) is 1. The number of carbonyl (C=O) groups excluding carboxylic acids is 1. The summed E-state index contributed by atoms with van der Waals surface area (Å²) in [7, 11) is 6.28. The summed E-state index contributed by atoms with van der Waals surface area (Å²) in [5.41, 5.74) is 5.29. The molecule has 1 N–H and O–H groups in total. The number of amides is 1. The topological polar surface area (TPSA) is 38.8 Å². The van der Waals surface area contributed by atoms with Crippen molar-refractivity contribution in [1.29, 1.82) is 0 Å². The molecule has 2 aromatic carbocycles. The smallest absolute Gasteiger partial charge is 0.252 e. The number of hydrogen-bond donors (Lipinski definition) is 1. The molecule has 1 heterocycles. The standard InChI is InChI=1S/C24H34N4O/c1-18-9-10-22(28-13-11-27(5)12-14-28)16-23(18)24(29)25-19(2)21-8-6-7-20(15-21)17-26(3)4/h6-10,15-16,19H,11-14,17H2,1-5H3,(H,25,29)/t19-/m1/s1. The van der Waals surface area contributed by atoms with Crippen LogP contribution in [-0.2, 0) is 6.54 Å². The van der Waals surface area contributed by atoms with Gasteiger partial charge >= 0.3 is 0 Å². The Labute approximate surface area is 175 Å². The Kier molecular flexibility index (Phi) is 6.93. The minimum atomic E-state index is -0.0451. The molecule has 0 radical (unpaired) electrons. The molecule has 1 aliphatic rings. The van der Waals surface area contributed by atoms with Crippen molar-refractivity contribution in [2.75, 3.05) is 52.2 Å². The lowest BCUT2D eigenvalue weighted by Crippen LogP contribution is -2.44. The van der Waals surface area contributed by atoms with E-state index < -0.39 is 0 Å². The van der Waals surface area contributed by atoms with Gasteiger partial charge in [-0.1, -0.05) is 30.3 Å². The molecule has 0 spiro atoms. The molecule has 3 rings (SSSR count). The van der Waals surface area contributed by atoms with E-state index in [1.807, 2.05) is 19.9 Å². The maximum atomic E-state index is 13.1. The van der Waals surface area contributed by atoms with E-state index in [2.05, 4.69) is 77.6 Å². The molecule has 0 aliphatic carbocycles.